The van der Waals surface area contributed by atoms with Crippen LogP contribution in [0.1, 0.15) is 50.7 Å². The van der Waals surface area contributed by atoms with E-state index in [4.69, 9.17) is 4.74 Å². The largest absolute Gasteiger partial charge is 0.496 e. The summed E-state index contributed by atoms with van der Waals surface area (Å²) in [7, 11) is -1.83. The van der Waals surface area contributed by atoms with E-state index in [0.29, 0.717) is 23.9 Å². The van der Waals surface area contributed by atoms with Crippen LogP contribution >= 0.6 is 12.4 Å². The summed E-state index contributed by atoms with van der Waals surface area (Å²) in [5.41, 5.74) is 1.68. The number of aryl methyl sites for hydroxylation is 1. The Hall–Kier alpha value is -0.820. The third-order valence-corrected chi connectivity index (χ3v) is 7.06. The lowest BCUT2D eigenvalue weighted by Crippen LogP contribution is -2.41. The molecule has 5 nitrogen and oxygen atoms in total. The second-order valence-electron chi connectivity index (χ2n) is 7.17. The Balaban J connectivity index is 0.00000338. The van der Waals surface area contributed by atoms with Gasteiger partial charge in [-0.25, -0.2) is 8.42 Å². The Morgan fingerprint density at radius 2 is 1.88 bits per heavy atom. The smallest absolute Gasteiger partial charge is 0.243 e. The monoisotopic (exact) mass is 404 g/mol. The molecule has 0 aliphatic carbocycles. The highest BCUT2D eigenvalue weighted by molar-refractivity contribution is 7.89. The highest BCUT2D eigenvalue weighted by Gasteiger charge is 2.31. The Bertz CT molecular complexity index is 684. The number of methoxy groups -OCH3 is 1. The molecule has 0 saturated carbocycles. The summed E-state index contributed by atoms with van der Waals surface area (Å²) in [6.07, 6.45) is 1.83. The van der Waals surface area contributed by atoms with Gasteiger partial charge in [0.2, 0.25) is 10.0 Å². The zero-order valence-corrected chi connectivity index (χ0v) is 18.2. The van der Waals surface area contributed by atoms with Gasteiger partial charge in [-0.1, -0.05) is 20.8 Å². The van der Waals surface area contributed by atoms with Crippen LogP contribution in [0.4, 0.5) is 0 Å². The minimum atomic E-state index is -3.46. The van der Waals surface area contributed by atoms with Crippen LogP contribution in [0.25, 0.3) is 0 Å². The normalized spacial score (nSPS) is 16.5. The summed E-state index contributed by atoms with van der Waals surface area (Å²) in [5, 5.41) is 3.36. The van der Waals surface area contributed by atoms with Crippen molar-refractivity contribution in [1.82, 2.24) is 9.62 Å². The fourth-order valence-electron chi connectivity index (χ4n) is 3.42. The summed E-state index contributed by atoms with van der Waals surface area (Å²) < 4.78 is 33.4. The van der Waals surface area contributed by atoms with Crippen molar-refractivity contribution in [2.75, 3.05) is 33.3 Å². The van der Waals surface area contributed by atoms with Crippen LogP contribution in [0.5, 0.6) is 5.75 Å². The van der Waals surface area contributed by atoms with Crippen molar-refractivity contribution < 1.29 is 13.2 Å². The molecule has 1 aromatic carbocycles. The molecular formula is C19H33ClN2O3S. The predicted molar refractivity (Wildman–Crippen MR) is 109 cm³/mol. The van der Waals surface area contributed by atoms with E-state index >= 15 is 0 Å². The van der Waals surface area contributed by atoms with Crippen LogP contribution in [0.3, 0.4) is 0 Å². The van der Waals surface area contributed by atoms with Gasteiger partial charge in [0.1, 0.15) is 5.75 Å². The first-order valence-corrected chi connectivity index (χ1v) is 10.6. The summed E-state index contributed by atoms with van der Waals surface area (Å²) in [4.78, 5) is 0.419. The lowest BCUT2D eigenvalue weighted by Gasteiger charge is -2.32. The van der Waals surface area contributed by atoms with Gasteiger partial charge in [0, 0.05) is 13.1 Å². The average Bonchev–Trinajstić information content (AvgIpc) is 2.59. The van der Waals surface area contributed by atoms with Crippen LogP contribution < -0.4 is 10.1 Å². The number of sulfonamides is 1. The number of hydrogen-bond donors (Lipinski definition) is 1. The van der Waals surface area contributed by atoms with E-state index in [0.717, 1.165) is 42.8 Å². The van der Waals surface area contributed by atoms with Crippen LogP contribution in [-0.2, 0) is 10.0 Å². The number of halogens is 1. The number of nitrogens with zero attached hydrogens (tertiary/aromatic N) is 1. The van der Waals surface area contributed by atoms with E-state index in [1.165, 1.54) is 0 Å². The molecule has 0 amide bonds. The molecule has 150 valence electrons. The standard InChI is InChI=1S/C19H32N2O3S.ClH/c1-6-20-13-16-7-9-21(10-8-16)25(22,23)19-12-17(14(2)3)18(24-5)11-15(19)4;/h11-12,14,16,20H,6-10,13H2,1-5H3;1H. The van der Waals surface area contributed by atoms with Gasteiger partial charge in [-0.2, -0.15) is 4.31 Å². The fraction of sp³-hybridized carbons (Fsp3) is 0.684. The fourth-order valence-corrected chi connectivity index (χ4v) is 5.14. The molecule has 1 saturated heterocycles. The van der Waals surface area contributed by atoms with Crippen molar-refractivity contribution in [3.8, 4) is 5.75 Å². The highest BCUT2D eigenvalue weighted by Crippen LogP contribution is 2.33. The maximum Gasteiger partial charge on any atom is 0.243 e. The van der Waals surface area contributed by atoms with E-state index in [9.17, 15) is 8.42 Å². The average molecular weight is 405 g/mol. The number of hydrogen-bond acceptors (Lipinski definition) is 4. The molecule has 1 aliphatic heterocycles. The lowest BCUT2D eigenvalue weighted by molar-refractivity contribution is 0.268. The zero-order valence-electron chi connectivity index (χ0n) is 16.5. The number of benzene rings is 1. The van der Waals surface area contributed by atoms with Gasteiger partial charge in [0.25, 0.3) is 0 Å². The molecule has 1 aliphatic rings. The predicted octanol–water partition coefficient (Wildman–Crippen LogP) is 3.56. The van der Waals surface area contributed by atoms with Gasteiger partial charge in [-0.05, 0) is 68.0 Å². The van der Waals surface area contributed by atoms with Gasteiger partial charge in [0.05, 0.1) is 12.0 Å². The van der Waals surface area contributed by atoms with Crippen molar-refractivity contribution in [2.24, 2.45) is 5.92 Å². The molecule has 1 fully saturated rings. The molecule has 0 aromatic heterocycles. The molecule has 1 heterocycles. The second kappa shape index (κ2) is 9.93. The lowest BCUT2D eigenvalue weighted by atomic mass is 9.98. The molecule has 2 rings (SSSR count). The SMILES string of the molecule is CCNCC1CCN(S(=O)(=O)c2cc(C(C)C)c(OC)cc2C)CC1.Cl. The van der Waals surface area contributed by atoms with Crippen molar-refractivity contribution >= 4 is 22.4 Å². The van der Waals surface area contributed by atoms with E-state index in [-0.39, 0.29) is 18.3 Å². The van der Waals surface area contributed by atoms with Gasteiger partial charge in [-0.15, -0.1) is 12.4 Å². The molecule has 0 radical (unpaired) electrons. The van der Waals surface area contributed by atoms with E-state index in [1.807, 2.05) is 13.0 Å². The topological polar surface area (TPSA) is 58.6 Å². The Morgan fingerprint density at radius 1 is 1.27 bits per heavy atom. The molecule has 1 aromatic rings. The van der Waals surface area contributed by atoms with Crippen molar-refractivity contribution in [3.05, 3.63) is 23.3 Å². The minimum absolute atomic E-state index is 0. The molecule has 0 unspecified atom stereocenters. The third-order valence-electron chi connectivity index (χ3n) is 5.02. The first kappa shape index (κ1) is 23.2. The highest BCUT2D eigenvalue weighted by atomic mass is 35.5. The first-order valence-electron chi connectivity index (χ1n) is 9.20. The van der Waals surface area contributed by atoms with E-state index < -0.39 is 10.0 Å². The number of rotatable bonds is 7. The summed E-state index contributed by atoms with van der Waals surface area (Å²) in [5.74, 6) is 1.53. The summed E-state index contributed by atoms with van der Waals surface area (Å²) in [6, 6.07) is 3.65. The van der Waals surface area contributed by atoms with E-state index in [1.54, 1.807) is 17.5 Å². The number of ether oxygens (including phenoxy) is 1. The van der Waals surface area contributed by atoms with Crippen LogP contribution in [-0.4, -0.2) is 46.0 Å². The Kier molecular flexibility index (Phi) is 8.86. The van der Waals surface area contributed by atoms with E-state index in [2.05, 4.69) is 26.1 Å². The van der Waals surface area contributed by atoms with Crippen molar-refractivity contribution in [2.45, 2.75) is 51.3 Å². The van der Waals surface area contributed by atoms with Gasteiger partial charge >= 0.3 is 0 Å². The zero-order chi connectivity index (χ0) is 18.6. The third kappa shape index (κ3) is 5.12. The first-order chi connectivity index (χ1) is 11.8. The maximum atomic E-state index is 13.2. The minimum Gasteiger partial charge on any atom is -0.496 e. The van der Waals surface area contributed by atoms with Crippen LogP contribution in [0, 0.1) is 12.8 Å². The maximum absolute atomic E-state index is 13.2. The van der Waals surface area contributed by atoms with Crippen LogP contribution in [0.2, 0.25) is 0 Å². The number of piperidine rings is 1. The Labute approximate surface area is 165 Å². The van der Waals surface area contributed by atoms with Gasteiger partial charge < -0.3 is 10.1 Å². The summed E-state index contributed by atoms with van der Waals surface area (Å²) in [6.45, 7) is 11.2. The van der Waals surface area contributed by atoms with Crippen LogP contribution in [0.15, 0.2) is 17.0 Å². The Morgan fingerprint density at radius 3 is 2.38 bits per heavy atom. The second-order valence-corrected chi connectivity index (χ2v) is 9.08. The molecule has 26 heavy (non-hydrogen) atoms. The molecule has 0 bridgehead atoms. The molecule has 7 heteroatoms. The molecule has 0 spiro atoms. The van der Waals surface area contributed by atoms with Crippen molar-refractivity contribution in [3.63, 3.8) is 0 Å². The quantitative estimate of drug-likeness (QED) is 0.754. The van der Waals surface area contributed by atoms with Crippen molar-refractivity contribution in [1.29, 1.82) is 0 Å². The summed E-state index contributed by atoms with van der Waals surface area (Å²) >= 11 is 0. The molecular weight excluding hydrogens is 372 g/mol. The van der Waals surface area contributed by atoms with Gasteiger partial charge in [0.15, 0.2) is 0 Å². The number of nitrogens with one attached hydrogen (secondary N) is 1. The molecule has 0 atom stereocenters. The van der Waals surface area contributed by atoms with Gasteiger partial charge in [-0.3, -0.25) is 0 Å². The molecule has 1 N–H and O–H groups in total.